The summed E-state index contributed by atoms with van der Waals surface area (Å²) in [6.07, 6.45) is 10.3. The molecule has 0 aromatic rings. The lowest BCUT2D eigenvalue weighted by atomic mass is 9.83. The predicted molar refractivity (Wildman–Crippen MR) is 86.3 cm³/mol. The van der Waals surface area contributed by atoms with Crippen LogP contribution in [-0.2, 0) is 4.74 Å². The monoisotopic (exact) mass is 298 g/mol. The lowest BCUT2D eigenvalue weighted by molar-refractivity contribution is -0.118. The van der Waals surface area contributed by atoms with Gasteiger partial charge in [-0.2, -0.15) is 11.8 Å². The summed E-state index contributed by atoms with van der Waals surface area (Å²) in [6.45, 7) is 3.10. The average molecular weight is 298 g/mol. The van der Waals surface area contributed by atoms with E-state index in [1.165, 1.54) is 69.4 Å². The molecule has 116 valence electrons. The molecule has 1 spiro atoms. The molecule has 2 unspecified atom stereocenters. The van der Waals surface area contributed by atoms with Crippen LogP contribution >= 0.6 is 11.8 Å². The third kappa shape index (κ3) is 3.34. The Kier molecular flexibility index (Phi) is 5.29. The average Bonchev–Trinajstić information content (AvgIpc) is 2.49. The topological polar surface area (TPSA) is 38.5 Å². The number of rotatable bonds is 3. The van der Waals surface area contributed by atoms with Crippen molar-refractivity contribution in [3.05, 3.63) is 0 Å². The van der Waals surface area contributed by atoms with Crippen LogP contribution in [0.5, 0.6) is 0 Å². The normalized spacial score (nSPS) is 35.2. The van der Waals surface area contributed by atoms with Gasteiger partial charge >= 0.3 is 0 Å². The Morgan fingerprint density at radius 2 is 2.05 bits per heavy atom. The number of likely N-dealkylation sites (tertiary alicyclic amines) is 1. The Morgan fingerprint density at radius 3 is 2.85 bits per heavy atom. The van der Waals surface area contributed by atoms with Crippen LogP contribution in [0, 0.1) is 0 Å². The van der Waals surface area contributed by atoms with Gasteiger partial charge in [0.1, 0.15) is 0 Å². The molecule has 0 radical (unpaired) electrons. The summed E-state index contributed by atoms with van der Waals surface area (Å²) in [6, 6.07) is 1.50. The van der Waals surface area contributed by atoms with Gasteiger partial charge in [0.25, 0.3) is 0 Å². The summed E-state index contributed by atoms with van der Waals surface area (Å²) in [7, 11) is 0. The van der Waals surface area contributed by atoms with Gasteiger partial charge in [0, 0.05) is 18.7 Å². The number of nitrogens with zero attached hydrogens (tertiary/aromatic N) is 1. The molecule has 3 aliphatic heterocycles. The molecule has 0 aromatic heterocycles. The number of piperidine rings is 1. The van der Waals surface area contributed by atoms with Gasteiger partial charge in [-0.05, 0) is 69.5 Å². The molecule has 0 saturated carbocycles. The van der Waals surface area contributed by atoms with E-state index < -0.39 is 0 Å². The van der Waals surface area contributed by atoms with Gasteiger partial charge in [-0.25, -0.2) is 0 Å². The minimum Gasteiger partial charge on any atom is -0.375 e. The number of hydrogen-bond acceptors (Lipinski definition) is 4. The largest absolute Gasteiger partial charge is 0.375 e. The molecule has 3 nitrogen and oxygen atoms in total. The fourth-order valence-electron chi connectivity index (χ4n) is 4.38. The first-order chi connectivity index (χ1) is 9.83. The smallest absolute Gasteiger partial charge is 0.0713 e. The molecule has 3 aliphatic rings. The summed E-state index contributed by atoms with van der Waals surface area (Å²) in [5.41, 5.74) is 6.05. The molecule has 4 heteroatoms. The minimum absolute atomic E-state index is 0.221. The van der Waals surface area contributed by atoms with Crippen LogP contribution < -0.4 is 5.73 Å². The van der Waals surface area contributed by atoms with E-state index in [1.54, 1.807) is 0 Å². The molecule has 3 rings (SSSR count). The van der Waals surface area contributed by atoms with Crippen LogP contribution in [0.25, 0.3) is 0 Å². The second-order valence-electron chi connectivity index (χ2n) is 6.76. The van der Waals surface area contributed by atoms with E-state index in [-0.39, 0.29) is 5.60 Å². The SMILES string of the molecule is NCCC1CCCCN1C1CCOC2(CCSCC2)C1. The fraction of sp³-hybridized carbons (Fsp3) is 1.00. The van der Waals surface area contributed by atoms with E-state index in [1.807, 2.05) is 0 Å². The number of nitrogens with two attached hydrogens (primary N) is 1. The van der Waals surface area contributed by atoms with Crippen LogP contribution in [-0.4, -0.2) is 53.8 Å². The maximum atomic E-state index is 6.26. The van der Waals surface area contributed by atoms with Gasteiger partial charge in [-0.1, -0.05) is 6.42 Å². The Labute approximate surface area is 128 Å². The van der Waals surface area contributed by atoms with Crippen molar-refractivity contribution >= 4 is 11.8 Å². The highest BCUT2D eigenvalue weighted by atomic mass is 32.2. The highest BCUT2D eigenvalue weighted by Gasteiger charge is 2.41. The summed E-state index contributed by atoms with van der Waals surface area (Å²) in [5, 5.41) is 0. The Morgan fingerprint density at radius 1 is 1.20 bits per heavy atom. The van der Waals surface area contributed by atoms with E-state index in [0.29, 0.717) is 0 Å². The first-order valence-electron chi connectivity index (χ1n) is 8.50. The van der Waals surface area contributed by atoms with Crippen molar-refractivity contribution in [1.82, 2.24) is 4.90 Å². The first kappa shape index (κ1) is 15.1. The van der Waals surface area contributed by atoms with Crippen LogP contribution in [0.2, 0.25) is 0 Å². The molecule has 2 N–H and O–H groups in total. The van der Waals surface area contributed by atoms with Crippen molar-refractivity contribution in [3.8, 4) is 0 Å². The standard InChI is InChI=1S/C16H30N2OS/c17-8-4-14-3-1-2-9-18(14)15-5-10-19-16(13-15)6-11-20-12-7-16/h14-15H,1-13,17H2. The first-order valence-corrected chi connectivity index (χ1v) is 9.66. The highest BCUT2D eigenvalue weighted by Crippen LogP contribution is 2.40. The fourth-order valence-corrected chi connectivity index (χ4v) is 5.62. The van der Waals surface area contributed by atoms with Crippen LogP contribution in [0.3, 0.4) is 0 Å². The lowest BCUT2D eigenvalue weighted by Crippen LogP contribution is -2.54. The van der Waals surface area contributed by atoms with Gasteiger partial charge in [0.2, 0.25) is 0 Å². The van der Waals surface area contributed by atoms with Gasteiger partial charge in [-0.15, -0.1) is 0 Å². The van der Waals surface area contributed by atoms with Gasteiger partial charge < -0.3 is 10.5 Å². The molecule has 0 amide bonds. The molecule has 0 aromatic carbocycles. The van der Waals surface area contributed by atoms with Gasteiger partial charge in [0.15, 0.2) is 0 Å². The zero-order valence-corrected chi connectivity index (χ0v) is 13.5. The predicted octanol–water partition coefficient (Wildman–Crippen LogP) is 2.63. The molecule has 3 fully saturated rings. The highest BCUT2D eigenvalue weighted by molar-refractivity contribution is 7.99. The van der Waals surface area contributed by atoms with Crippen LogP contribution in [0.15, 0.2) is 0 Å². The molecule has 0 aliphatic carbocycles. The van der Waals surface area contributed by atoms with Crippen molar-refractivity contribution in [2.24, 2.45) is 5.73 Å². The Hall–Kier alpha value is 0.230. The Bertz CT molecular complexity index is 299. The second-order valence-corrected chi connectivity index (χ2v) is 7.98. The molecule has 3 heterocycles. The zero-order chi connectivity index (χ0) is 13.8. The van der Waals surface area contributed by atoms with Gasteiger partial charge in [0.05, 0.1) is 5.60 Å². The summed E-state index contributed by atoms with van der Waals surface area (Å²) < 4.78 is 6.26. The van der Waals surface area contributed by atoms with E-state index in [2.05, 4.69) is 16.7 Å². The molecular formula is C16H30N2OS. The maximum absolute atomic E-state index is 6.26. The molecule has 0 bridgehead atoms. The zero-order valence-electron chi connectivity index (χ0n) is 12.7. The van der Waals surface area contributed by atoms with E-state index in [9.17, 15) is 0 Å². The minimum atomic E-state index is 0.221. The lowest BCUT2D eigenvalue weighted by Gasteiger charge is -2.49. The molecular weight excluding hydrogens is 268 g/mol. The van der Waals surface area contributed by atoms with Crippen LogP contribution in [0.1, 0.15) is 51.4 Å². The van der Waals surface area contributed by atoms with E-state index >= 15 is 0 Å². The molecule has 20 heavy (non-hydrogen) atoms. The summed E-state index contributed by atoms with van der Waals surface area (Å²) >= 11 is 2.10. The quantitative estimate of drug-likeness (QED) is 0.869. The van der Waals surface area contributed by atoms with E-state index in [4.69, 9.17) is 10.5 Å². The second kappa shape index (κ2) is 6.99. The third-order valence-corrected chi connectivity index (χ3v) is 6.50. The van der Waals surface area contributed by atoms with Crippen molar-refractivity contribution in [2.45, 2.75) is 69.1 Å². The molecule has 2 atom stereocenters. The van der Waals surface area contributed by atoms with Crippen molar-refractivity contribution in [3.63, 3.8) is 0 Å². The van der Waals surface area contributed by atoms with Crippen molar-refractivity contribution < 1.29 is 4.74 Å². The van der Waals surface area contributed by atoms with Crippen LogP contribution in [0.4, 0.5) is 0 Å². The Balaban J connectivity index is 1.65. The van der Waals surface area contributed by atoms with E-state index in [0.717, 1.165) is 25.2 Å². The summed E-state index contributed by atoms with van der Waals surface area (Å²) in [4.78, 5) is 2.81. The number of ether oxygens (including phenoxy) is 1. The maximum Gasteiger partial charge on any atom is 0.0713 e. The summed E-state index contributed by atoms with van der Waals surface area (Å²) in [5.74, 6) is 2.58. The number of thioether (sulfide) groups is 1. The third-order valence-electron chi connectivity index (χ3n) is 5.51. The van der Waals surface area contributed by atoms with Crippen molar-refractivity contribution in [2.75, 3.05) is 31.2 Å². The van der Waals surface area contributed by atoms with Crippen molar-refractivity contribution in [1.29, 1.82) is 0 Å². The molecule has 3 saturated heterocycles. The number of hydrogen-bond donors (Lipinski definition) is 1. The van der Waals surface area contributed by atoms with Gasteiger partial charge in [-0.3, -0.25) is 4.90 Å².